The molecule has 1 aromatic heterocycles. The van der Waals surface area contributed by atoms with Crippen molar-refractivity contribution < 1.29 is 9.53 Å². The molecule has 0 saturated carbocycles. The fourth-order valence-electron chi connectivity index (χ4n) is 3.48. The van der Waals surface area contributed by atoms with Crippen LogP contribution in [0.25, 0.3) is 11.3 Å². The molecule has 0 spiro atoms. The van der Waals surface area contributed by atoms with Gasteiger partial charge in [0.25, 0.3) is 5.91 Å². The first-order valence-corrected chi connectivity index (χ1v) is 10.8. The van der Waals surface area contributed by atoms with Crippen LogP contribution in [-0.2, 0) is 4.79 Å². The van der Waals surface area contributed by atoms with Gasteiger partial charge < -0.3 is 14.5 Å². The molecule has 1 fully saturated rings. The van der Waals surface area contributed by atoms with Crippen LogP contribution in [0.1, 0.15) is 6.92 Å². The third kappa shape index (κ3) is 5.09. The molecule has 0 aliphatic carbocycles. The fraction of sp³-hybridized carbons (Fsp3) is 0.261. The summed E-state index contributed by atoms with van der Waals surface area (Å²) in [5, 5.41) is 9.64. The standard InChI is InChI=1S/C23H22Cl2N4O2/c1-16(31-21-9-7-18(24)15-19(21)25)23(30)29-13-11-28(12-14-29)22-10-8-20(26-27-22)17-5-3-2-4-6-17/h2-10,15-16H,11-14H2,1H3. The number of rotatable bonds is 5. The Morgan fingerprint density at radius 2 is 1.71 bits per heavy atom. The van der Waals surface area contributed by atoms with Gasteiger partial charge in [-0.1, -0.05) is 53.5 Å². The van der Waals surface area contributed by atoms with Gasteiger partial charge in [0.1, 0.15) is 5.75 Å². The highest BCUT2D eigenvalue weighted by atomic mass is 35.5. The highest BCUT2D eigenvalue weighted by molar-refractivity contribution is 6.35. The van der Waals surface area contributed by atoms with Crippen LogP contribution in [0.4, 0.5) is 5.82 Å². The van der Waals surface area contributed by atoms with E-state index in [1.165, 1.54) is 0 Å². The second kappa shape index (κ2) is 9.54. The summed E-state index contributed by atoms with van der Waals surface area (Å²) in [4.78, 5) is 16.7. The van der Waals surface area contributed by atoms with E-state index >= 15 is 0 Å². The third-order valence-corrected chi connectivity index (χ3v) is 5.71. The number of carbonyl (C=O) groups excluding carboxylic acids is 1. The van der Waals surface area contributed by atoms with Crippen molar-refractivity contribution in [1.29, 1.82) is 0 Å². The minimum Gasteiger partial charge on any atom is -0.479 e. The lowest BCUT2D eigenvalue weighted by Crippen LogP contribution is -2.52. The predicted octanol–water partition coefficient (Wildman–Crippen LogP) is 4.57. The molecule has 6 nitrogen and oxygen atoms in total. The summed E-state index contributed by atoms with van der Waals surface area (Å²) >= 11 is 12.1. The van der Waals surface area contributed by atoms with Gasteiger partial charge in [0.2, 0.25) is 0 Å². The number of ether oxygens (including phenoxy) is 1. The molecule has 160 valence electrons. The van der Waals surface area contributed by atoms with Gasteiger partial charge >= 0.3 is 0 Å². The van der Waals surface area contributed by atoms with E-state index in [0.29, 0.717) is 42.0 Å². The van der Waals surface area contributed by atoms with E-state index in [0.717, 1.165) is 17.1 Å². The normalized spacial score (nSPS) is 14.9. The number of amides is 1. The van der Waals surface area contributed by atoms with E-state index in [-0.39, 0.29) is 5.91 Å². The zero-order valence-electron chi connectivity index (χ0n) is 17.0. The second-order valence-electron chi connectivity index (χ2n) is 7.29. The van der Waals surface area contributed by atoms with Crippen molar-refractivity contribution in [3.8, 4) is 17.0 Å². The Kier molecular flexibility index (Phi) is 6.59. The summed E-state index contributed by atoms with van der Waals surface area (Å²) in [5.74, 6) is 1.18. The molecule has 1 amide bonds. The summed E-state index contributed by atoms with van der Waals surface area (Å²) in [6, 6.07) is 18.8. The molecular formula is C23H22Cl2N4O2. The molecule has 1 unspecified atom stereocenters. The number of aromatic nitrogens is 2. The number of anilines is 1. The third-order valence-electron chi connectivity index (χ3n) is 5.18. The fourth-order valence-corrected chi connectivity index (χ4v) is 3.93. The molecule has 31 heavy (non-hydrogen) atoms. The van der Waals surface area contributed by atoms with E-state index in [1.807, 2.05) is 42.5 Å². The molecule has 0 N–H and O–H groups in total. The predicted molar refractivity (Wildman–Crippen MR) is 123 cm³/mol. The lowest BCUT2D eigenvalue weighted by molar-refractivity contribution is -0.138. The lowest BCUT2D eigenvalue weighted by Gasteiger charge is -2.36. The molecule has 1 saturated heterocycles. The molecule has 3 aromatic rings. The lowest BCUT2D eigenvalue weighted by atomic mass is 10.1. The van der Waals surface area contributed by atoms with Gasteiger partial charge in [-0.2, -0.15) is 0 Å². The Bertz CT molecular complexity index is 1040. The van der Waals surface area contributed by atoms with Crippen LogP contribution >= 0.6 is 23.2 Å². The molecule has 1 aliphatic heterocycles. The maximum atomic E-state index is 12.8. The molecule has 4 rings (SSSR count). The number of benzene rings is 2. The first kappa shape index (κ1) is 21.4. The Morgan fingerprint density at radius 3 is 2.35 bits per heavy atom. The van der Waals surface area contributed by atoms with E-state index in [9.17, 15) is 4.79 Å². The maximum absolute atomic E-state index is 12.8. The van der Waals surface area contributed by atoms with Gasteiger partial charge in [-0.25, -0.2) is 0 Å². The quantitative estimate of drug-likeness (QED) is 0.562. The van der Waals surface area contributed by atoms with Crippen molar-refractivity contribution in [3.05, 3.63) is 70.7 Å². The van der Waals surface area contributed by atoms with Gasteiger partial charge in [0, 0.05) is 36.8 Å². The number of halogens is 2. The van der Waals surface area contributed by atoms with Crippen molar-refractivity contribution >= 4 is 34.9 Å². The Morgan fingerprint density at radius 1 is 0.968 bits per heavy atom. The van der Waals surface area contributed by atoms with Gasteiger partial charge in [0.05, 0.1) is 10.7 Å². The van der Waals surface area contributed by atoms with Gasteiger partial charge in [0.15, 0.2) is 11.9 Å². The van der Waals surface area contributed by atoms with Gasteiger partial charge in [-0.3, -0.25) is 4.79 Å². The summed E-state index contributed by atoms with van der Waals surface area (Å²) < 4.78 is 5.76. The van der Waals surface area contributed by atoms with Crippen molar-refractivity contribution in [1.82, 2.24) is 15.1 Å². The minimum atomic E-state index is -0.643. The van der Waals surface area contributed by atoms with E-state index in [1.54, 1.807) is 30.0 Å². The molecular weight excluding hydrogens is 435 g/mol. The minimum absolute atomic E-state index is 0.0730. The van der Waals surface area contributed by atoms with E-state index in [2.05, 4.69) is 15.1 Å². The van der Waals surface area contributed by atoms with Crippen LogP contribution in [-0.4, -0.2) is 53.3 Å². The van der Waals surface area contributed by atoms with Crippen LogP contribution in [0, 0.1) is 0 Å². The van der Waals surface area contributed by atoms with Crippen molar-refractivity contribution in [2.45, 2.75) is 13.0 Å². The zero-order valence-corrected chi connectivity index (χ0v) is 18.6. The number of hydrogen-bond donors (Lipinski definition) is 0. The monoisotopic (exact) mass is 456 g/mol. The van der Waals surface area contributed by atoms with Crippen LogP contribution < -0.4 is 9.64 Å². The summed E-state index contributed by atoms with van der Waals surface area (Å²) in [6.45, 7) is 4.26. The summed E-state index contributed by atoms with van der Waals surface area (Å²) in [5.41, 5.74) is 1.87. The van der Waals surface area contributed by atoms with E-state index < -0.39 is 6.10 Å². The molecule has 2 heterocycles. The number of nitrogens with zero attached hydrogens (tertiary/aromatic N) is 4. The molecule has 2 aromatic carbocycles. The van der Waals surface area contributed by atoms with Crippen molar-refractivity contribution in [2.24, 2.45) is 0 Å². The smallest absolute Gasteiger partial charge is 0.263 e. The molecule has 1 aliphatic rings. The number of piperazine rings is 1. The summed E-state index contributed by atoms with van der Waals surface area (Å²) in [6.07, 6.45) is -0.643. The van der Waals surface area contributed by atoms with Crippen LogP contribution in [0.5, 0.6) is 5.75 Å². The van der Waals surface area contributed by atoms with E-state index in [4.69, 9.17) is 27.9 Å². The topological polar surface area (TPSA) is 58.6 Å². The highest BCUT2D eigenvalue weighted by Crippen LogP contribution is 2.28. The Hall–Kier alpha value is -2.83. The molecule has 0 bridgehead atoms. The molecule has 1 atom stereocenters. The Labute approximate surface area is 191 Å². The SMILES string of the molecule is CC(Oc1ccc(Cl)cc1Cl)C(=O)N1CCN(c2ccc(-c3ccccc3)nn2)CC1. The number of hydrogen-bond acceptors (Lipinski definition) is 5. The van der Waals surface area contributed by atoms with Crippen LogP contribution in [0.15, 0.2) is 60.7 Å². The van der Waals surface area contributed by atoms with Gasteiger partial charge in [-0.05, 0) is 37.3 Å². The maximum Gasteiger partial charge on any atom is 0.263 e. The van der Waals surface area contributed by atoms with Crippen LogP contribution in [0.2, 0.25) is 10.0 Å². The summed E-state index contributed by atoms with van der Waals surface area (Å²) in [7, 11) is 0. The highest BCUT2D eigenvalue weighted by Gasteiger charge is 2.27. The van der Waals surface area contributed by atoms with Crippen molar-refractivity contribution in [2.75, 3.05) is 31.1 Å². The first-order valence-electron chi connectivity index (χ1n) is 10.1. The average molecular weight is 457 g/mol. The first-order chi connectivity index (χ1) is 15.0. The molecule has 0 radical (unpaired) electrons. The molecule has 8 heteroatoms. The second-order valence-corrected chi connectivity index (χ2v) is 8.13. The van der Waals surface area contributed by atoms with Crippen LogP contribution in [0.3, 0.4) is 0 Å². The number of carbonyl (C=O) groups is 1. The van der Waals surface area contributed by atoms with Gasteiger partial charge in [-0.15, -0.1) is 10.2 Å². The van der Waals surface area contributed by atoms with Crippen molar-refractivity contribution in [3.63, 3.8) is 0 Å². The Balaban J connectivity index is 1.33. The largest absolute Gasteiger partial charge is 0.479 e. The zero-order chi connectivity index (χ0) is 21.8. The average Bonchev–Trinajstić information content (AvgIpc) is 2.81.